The lowest BCUT2D eigenvalue weighted by Gasteiger charge is -2.12. The summed E-state index contributed by atoms with van der Waals surface area (Å²) < 4.78 is 0. The van der Waals surface area contributed by atoms with Gasteiger partial charge in [-0.05, 0) is 30.5 Å². The van der Waals surface area contributed by atoms with Crippen LogP contribution in [0.15, 0.2) is 35.7 Å². The van der Waals surface area contributed by atoms with Crippen molar-refractivity contribution in [1.82, 2.24) is 5.32 Å². The second kappa shape index (κ2) is 6.33. The quantitative estimate of drug-likeness (QED) is 0.446. The van der Waals surface area contributed by atoms with Gasteiger partial charge in [-0.3, -0.25) is 20.8 Å². The number of nitrogens with zero attached hydrogens (tertiary/aromatic N) is 1. The van der Waals surface area contributed by atoms with E-state index >= 15 is 0 Å². The van der Waals surface area contributed by atoms with Crippen LogP contribution in [0.3, 0.4) is 0 Å². The Bertz CT molecular complexity index is 657. The van der Waals surface area contributed by atoms with E-state index in [0.717, 1.165) is 4.88 Å². The number of rotatable bonds is 5. The maximum atomic E-state index is 12.2. The zero-order chi connectivity index (χ0) is 15.4. The van der Waals surface area contributed by atoms with E-state index in [0.29, 0.717) is 5.56 Å². The van der Waals surface area contributed by atoms with Gasteiger partial charge in [-0.25, -0.2) is 0 Å². The fourth-order valence-corrected chi connectivity index (χ4v) is 2.58. The number of benzene rings is 1. The van der Waals surface area contributed by atoms with Crippen molar-refractivity contribution in [3.05, 3.63) is 56.3 Å². The molecule has 0 aliphatic rings. The van der Waals surface area contributed by atoms with E-state index in [2.05, 4.69) is 10.7 Å². The average molecular weight is 306 g/mol. The first-order chi connectivity index (χ1) is 10.0. The Morgan fingerprint density at radius 1 is 1.43 bits per heavy atom. The highest BCUT2D eigenvalue weighted by Crippen LogP contribution is 2.25. The van der Waals surface area contributed by atoms with Gasteiger partial charge in [0.15, 0.2) is 0 Å². The molecule has 0 aliphatic carbocycles. The van der Waals surface area contributed by atoms with Crippen molar-refractivity contribution in [2.75, 3.05) is 5.43 Å². The Morgan fingerprint density at radius 2 is 2.19 bits per heavy atom. The minimum atomic E-state index is -0.564. The molecule has 1 aromatic carbocycles. The lowest BCUT2D eigenvalue weighted by Crippen LogP contribution is -2.26. The summed E-state index contributed by atoms with van der Waals surface area (Å²) in [6.45, 7) is 1.87. The number of nitrogens with two attached hydrogens (primary N) is 1. The molecule has 4 N–H and O–H groups in total. The van der Waals surface area contributed by atoms with Crippen molar-refractivity contribution in [2.24, 2.45) is 5.84 Å². The molecule has 8 heteroatoms. The lowest BCUT2D eigenvalue weighted by molar-refractivity contribution is -0.384. The number of thiophene rings is 1. The average Bonchev–Trinajstić information content (AvgIpc) is 3.00. The predicted molar refractivity (Wildman–Crippen MR) is 81.1 cm³/mol. The molecule has 0 bridgehead atoms. The number of amides is 1. The molecule has 1 unspecified atom stereocenters. The summed E-state index contributed by atoms with van der Waals surface area (Å²) in [5.74, 6) is 4.93. The van der Waals surface area contributed by atoms with Crippen molar-refractivity contribution in [3.8, 4) is 0 Å². The standard InChI is InChI=1S/C13H14N4O3S/c1-8(12-3-2-6-21-12)15-13(18)9-4-5-11(17(19)20)10(7-9)16-14/h2-8,16H,14H2,1H3,(H,15,18). The van der Waals surface area contributed by atoms with Gasteiger partial charge in [0.2, 0.25) is 0 Å². The normalized spacial score (nSPS) is 11.7. The van der Waals surface area contributed by atoms with Crippen molar-refractivity contribution in [3.63, 3.8) is 0 Å². The summed E-state index contributed by atoms with van der Waals surface area (Å²) in [5, 5.41) is 15.6. The molecule has 1 heterocycles. The summed E-state index contributed by atoms with van der Waals surface area (Å²) in [6.07, 6.45) is 0. The molecule has 0 radical (unpaired) electrons. The number of nitro groups is 1. The van der Waals surface area contributed by atoms with Gasteiger partial charge in [0, 0.05) is 16.5 Å². The van der Waals surface area contributed by atoms with Gasteiger partial charge in [-0.1, -0.05) is 6.07 Å². The lowest BCUT2D eigenvalue weighted by atomic mass is 10.1. The first-order valence-corrected chi connectivity index (χ1v) is 7.00. The summed E-state index contributed by atoms with van der Waals surface area (Å²) in [4.78, 5) is 23.4. The summed E-state index contributed by atoms with van der Waals surface area (Å²) in [7, 11) is 0. The smallest absolute Gasteiger partial charge is 0.293 e. The summed E-state index contributed by atoms with van der Waals surface area (Å²) in [5.41, 5.74) is 2.45. The second-order valence-electron chi connectivity index (χ2n) is 4.34. The van der Waals surface area contributed by atoms with Crippen LogP contribution in [0.1, 0.15) is 28.2 Å². The molecular weight excluding hydrogens is 292 g/mol. The van der Waals surface area contributed by atoms with Gasteiger partial charge in [0.05, 0.1) is 11.0 Å². The number of hydrazine groups is 1. The molecule has 0 fully saturated rings. The van der Waals surface area contributed by atoms with Crippen LogP contribution in [0.4, 0.5) is 11.4 Å². The van der Waals surface area contributed by atoms with Gasteiger partial charge in [-0.15, -0.1) is 11.3 Å². The highest BCUT2D eigenvalue weighted by molar-refractivity contribution is 7.10. The number of anilines is 1. The Kier molecular flexibility index (Phi) is 4.51. The zero-order valence-corrected chi connectivity index (χ0v) is 12.0. The van der Waals surface area contributed by atoms with Crippen LogP contribution in [0.25, 0.3) is 0 Å². The van der Waals surface area contributed by atoms with Crippen molar-refractivity contribution in [1.29, 1.82) is 0 Å². The SMILES string of the molecule is CC(NC(=O)c1ccc([N+](=O)[O-])c(NN)c1)c1cccs1. The number of carbonyl (C=O) groups is 1. The number of carbonyl (C=O) groups excluding carboxylic acids is 1. The van der Waals surface area contributed by atoms with E-state index in [-0.39, 0.29) is 23.3 Å². The fourth-order valence-electron chi connectivity index (χ4n) is 1.84. The van der Waals surface area contributed by atoms with E-state index in [4.69, 9.17) is 5.84 Å². The third kappa shape index (κ3) is 3.36. The Labute approximate surface area is 124 Å². The first kappa shape index (κ1) is 14.9. The number of nitrogen functional groups attached to an aromatic ring is 1. The third-order valence-corrected chi connectivity index (χ3v) is 3.98. The monoisotopic (exact) mass is 306 g/mol. The van der Waals surface area contributed by atoms with E-state index in [1.807, 2.05) is 24.4 Å². The van der Waals surface area contributed by atoms with E-state index in [1.165, 1.54) is 18.2 Å². The molecule has 1 atom stereocenters. The van der Waals surface area contributed by atoms with Crippen LogP contribution in [0.5, 0.6) is 0 Å². The minimum absolute atomic E-state index is 0.0939. The van der Waals surface area contributed by atoms with Gasteiger partial charge in [0.1, 0.15) is 5.69 Å². The fraction of sp³-hybridized carbons (Fsp3) is 0.154. The second-order valence-corrected chi connectivity index (χ2v) is 5.32. The van der Waals surface area contributed by atoms with E-state index in [9.17, 15) is 14.9 Å². The Balaban J connectivity index is 2.18. The van der Waals surface area contributed by atoms with Crippen LogP contribution in [-0.4, -0.2) is 10.8 Å². The van der Waals surface area contributed by atoms with Gasteiger partial charge in [-0.2, -0.15) is 0 Å². The molecule has 0 saturated heterocycles. The topological polar surface area (TPSA) is 110 Å². The molecule has 2 aromatic rings. The number of nitro benzene ring substituents is 1. The van der Waals surface area contributed by atoms with E-state index in [1.54, 1.807) is 11.3 Å². The summed E-state index contributed by atoms with van der Waals surface area (Å²) in [6, 6.07) is 7.70. The Hall–Kier alpha value is -2.45. The molecule has 1 amide bonds. The zero-order valence-electron chi connectivity index (χ0n) is 11.2. The number of hydrogen-bond acceptors (Lipinski definition) is 6. The van der Waals surface area contributed by atoms with Crippen LogP contribution in [0.2, 0.25) is 0 Å². The third-order valence-electron chi connectivity index (χ3n) is 2.93. The largest absolute Gasteiger partial charge is 0.345 e. The molecular formula is C13H14N4O3S. The minimum Gasteiger partial charge on any atom is -0.345 e. The van der Waals surface area contributed by atoms with Crippen molar-refractivity contribution in [2.45, 2.75) is 13.0 Å². The molecule has 1 aromatic heterocycles. The van der Waals surface area contributed by atoms with Crippen molar-refractivity contribution >= 4 is 28.6 Å². The molecule has 0 aliphatic heterocycles. The van der Waals surface area contributed by atoms with E-state index < -0.39 is 4.92 Å². The van der Waals surface area contributed by atoms with Crippen LogP contribution < -0.4 is 16.6 Å². The highest BCUT2D eigenvalue weighted by Gasteiger charge is 2.17. The van der Waals surface area contributed by atoms with Crippen LogP contribution in [0, 0.1) is 10.1 Å². The predicted octanol–water partition coefficient (Wildman–Crippen LogP) is 2.43. The molecule has 110 valence electrons. The van der Waals surface area contributed by atoms with Gasteiger partial charge < -0.3 is 10.7 Å². The maximum absolute atomic E-state index is 12.2. The first-order valence-electron chi connectivity index (χ1n) is 6.12. The highest BCUT2D eigenvalue weighted by atomic mass is 32.1. The maximum Gasteiger partial charge on any atom is 0.293 e. The van der Waals surface area contributed by atoms with Crippen LogP contribution >= 0.6 is 11.3 Å². The summed E-state index contributed by atoms with van der Waals surface area (Å²) >= 11 is 1.55. The number of hydrogen-bond donors (Lipinski definition) is 3. The molecule has 21 heavy (non-hydrogen) atoms. The Morgan fingerprint density at radius 3 is 2.76 bits per heavy atom. The number of nitrogens with one attached hydrogen (secondary N) is 2. The molecule has 0 spiro atoms. The van der Waals surface area contributed by atoms with Crippen molar-refractivity contribution < 1.29 is 9.72 Å². The van der Waals surface area contributed by atoms with Gasteiger partial charge >= 0.3 is 0 Å². The molecule has 2 rings (SSSR count). The molecule has 7 nitrogen and oxygen atoms in total. The molecule has 0 saturated carbocycles. The van der Waals surface area contributed by atoms with Gasteiger partial charge in [0.25, 0.3) is 11.6 Å². The van der Waals surface area contributed by atoms with Crippen LogP contribution in [-0.2, 0) is 0 Å².